The van der Waals surface area contributed by atoms with Crippen LogP contribution < -0.4 is 5.32 Å². The highest BCUT2D eigenvalue weighted by Crippen LogP contribution is 2.33. The number of nitrogens with zero attached hydrogens (tertiary/aromatic N) is 2. The second kappa shape index (κ2) is 7.08. The summed E-state index contributed by atoms with van der Waals surface area (Å²) in [4.78, 5) is 27.1. The third kappa shape index (κ3) is 4.28. The van der Waals surface area contributed by atoms with E-state index in [1.54, 1.807) is 25.1 Å². The molecule has 23 heavy (non-hydrogen) atoms. The van der Waals surface area contributed by atoms with Crippen LogP contribution in [-0.4, -0.2) is 55.3 Å². The minimum atomic E-state index is -0.564. The highest BCUT2D eigenvalue weighted by molar-refractivity contribution is 5.77. The Hall–Kier alpha value is -1.95. The smallest absolute Gasteiger partial charge is 0.236 e. The van der Waals surface area contributed by atoms with E-state index in [2.05, 4.69) is 10.2 Å². The summed E-state index contributed by atoms with van der Waals surface area (Å²) in [6.45, 7) is 3.20. The summed E-state index contributed by atoms with van der Waals surface area (Å²) in [5.41, 5.74) is 0.220. The van der Waals surface area contributed by atoms with Crippen molar-refractivity contribution in [1.82, 2.24) is 15.1 Å². The number of piperidine rings is 1. The number of rotatable bonds is 4. The third-order valence-electron chi connectivity index (χ3n) is 4.36. The molecule has 1 aromatic carbocycles. The summed E-state index contributed by atoms with van der Waals surface area (Å²) in [6, 6.07) is 6.39. The average molecular weight is 321 g/mol. The highest BCUT2D eigenvalue weighted by Gasteiger charge is 2.37. The summed E-state index contributed by atoms with van der Waals surface area (Å²) in [5.74, 6) is -0.382. The van der Waals surface area contributed by atoms with Crippen LogP contribution in [0, 0.1) is 5.82 Å². The summed E-state index contributed by atoms with van der Waals surface area (Å²) < 4.78 is 13.6. The van der Waals surface area contributed by atoms with Crippen LogP contribution in [0.1, 0.15) is 25.3 Å². The van der Waals surface area contributed by atoms with Crippen molar-refractivity contribution in [1.29, 1.82) is 0 Å². The van der Waals surface area contributed by atoms with Crippen LogP contribution in [0.3, 0.4) is 0 Å². The molecule has 0 radical (unpaired) electrons. The SMILES string of the molecule is CC(=O)NC1(c2cccc(F)c2)CCN(CC(=O)N(C)C)CC1. The fourth-order valence-corrected chi connectivity index (χ4v) is 3.03. The Kier molecular flexibility index (Phi) is 5.36. The lowest BCUT2D eigenvalue weighted by Crippen LogP contribution is -2.53. The number of likely N-dealkylation sites (tertiary alicyclic amines) is 1. The van der Waals surface area contributed by atoms with Gasteiger partial charge < -0.3 is 10.2 Å². The number of benzene rings is 1. The molecule has 0 saturated carbocycles. The van der Waals surface area contributed by atoms with E-state index in [1.165, 1.54) is 19.1 Å². The van der Waals surface area contributed by atoms with Gasteiger partial charge in [-0.15, -0.1) is 0 Å². The maximum absolute atomic E-state index is 13.6. The first kappa shape index (κ1) is 17.4. The predicted molar refractivity (Wildman–Crippen MR) is 86.3 cm³/mol. The molecule has 0 atom stereocenters. The van der Waals surface area contributed by atoms with Crippen molar-refractivity contribution >= 4 is 11.8 Å². The Labute approximate surface area is 136 Å². The molecule has 1 fully saturated rings. The average Bonchev–Trinajstić information content (AvgIpc) is 2.48. The standard InChI is InChI=1S/C17H24FN3O2/c1-13(22)19-17(14-5-4-6-15(18)11-14)7-9-21(10-8-17)12-16(23)20(2)3/h4-6,11H,7-10,12H2,1-3H3,(H,19,22). The molecule has 1 saturated heterocycles. The summed E-state index contributed by atoms with van der Waals surface area (Å²) in [7, 11) is 3.47. The Morgan fingerprint density at radius 1 is 1.30 bits per heavy atom. The van der Waals surface area contributed by atoms with Crippen molar-refractivity contribution in [3.05, 3.63) is 35.6 Å². The number of hydrogen-bond donors (Lipinski definition) is 1. The van der Waals surface area contributed by atoms with Gasteiger partial charge in [-0.3, -0.25) is 14.5 Å². The van der Waals surface area contributed by atoms with Gasteiger partial charge in [-0.2, -0.15) is 0 Å². The Morgan fingerprint density at radius 2 is 1.96 bits per heavy atom. The van der Waals surface area contributed by atoms with Gasteiger partial charge in [-0.1, -0.05) is 12.1 Å². The van der Waals surface area contributed by atoms with Gasteiger partial charge in [0.25, 0.3) is 0 Å². The van der Waals surface area contributed by atoms with Crippen molar-refractivity contribution in [2.45, 2.75) is 25.3 Å². The Morgan fingerprint density at radius 3 is 2.48 bits per heavy atom. The van der Waals surface area contributed by atoms with Gasteiger partial charge in [0.15, 0.2) is 0 Å². The van der Waals surface area contributed by atoms with E-state index in [0.717, 1.165) is 5.56 Å². The fourth-order valence-electron chi connectivity index (χ4n) is 3.03. The number of halogens is 1. The molecule has 1 aliphatic rings. The molecule has 0 aliphatic carbocycles. The molecular weight excluding hydrogens is 297 g/mol. The number of nitrogens with one attached hydrogen (secondary N) is 1. The molecule has 2 amide bonds. The topological polar surface area (TPSA) is 52.7 Å². The van der Waals surface area contributed by atoms with Crippen LogP contribution in [0.4, 0.5) is 4.39 Å². The molecule has 0 unspecified atom stereocenters. The van der Waals surface area contributed by atoms with Crippen molar-refractivity contribution in [3.63, 3.8) is 0 Å². The maximum Gasteiger partial charge on any atom is 0.236 e. The second-order valence-electron chi connectivity index (χ2n) is 6.34. The van der Waals surface area contributed by atoms with Crippen LogP contribution >= 0.6 is 0 Å². The molecule has 5 nitrogen and oxygen atoms in total. The van der Waals surface area contributed by atoms with E-state index in [4.69, 9.17) is 0 Å². The van der Waals surface area contributed by atoms with Crippen molar-refractivity contribution in [2.75, 3.05) is 33.7 Å². The van der Waals surface area contributed by atoms with Gasteiger partial charge in [0.2, 0.25) is 11.8 Å². The van der Waals surface area contributed by atoms with E-state index in [0.29, 0.717) is 32.5 Å². The van der Waals surface area contributed by atoms with Crippen LogP contribution in [0.5, 0.6) is 0 Å². The largest absolute Gasteiger partial charge is 0.348 e. The lowest BCUT2D eigenvalue weighted by Gasteiger charge is -2.42. The molecule has 2 rings (SSSR count). The monoisotopic (exact) mass is 321 g/mol. The normalized spacial score (nSPS) is 17.6. The van der Waals surface area contributed by atoms with Gasteiger partial charge in [0.05, 0.1) is 12.1 Å². The first-order valence-electron chi connectivity index (χ1n) is 7.80. The Bertz CT molecular complexity index is 581. The van der Waals surface area contributed by atoms with Crippen LogP contribution in [-0.2, 0) is 15.1 Å². The number of likely N-dealkylation sites (N-methyl/N-ethyl adjacent to an activating group) is 1. The van der Waals surface area contributed by atoms with E-state index < -0.39 is 5.54 Å². The highest BCUT2D eigenvalue weighted by atomic mass is 19.1. The summed E-state index contributed by atoms with van der Waals surface area (Å²) >= 11 is 0. The summed E-state index contributed by atoms with van der Waals surface area (Å²) in [5, 5.41) is 3.01. The Balaban J connectivity index is 2.14. The zero-order valence-corrected chi connectivity index (χ0v) is 13.9. The molecular formula is C17H24FN3O2. The van der Waals surface area contributed by atoms with Crippen molar-refractivity contribution in [3.8, 4) is 0 Å². The molecule has 1 heterocycles. The fraction of sp³-hybridized carbons (Fsp3) is 0.529. The number of hydrogen-bond acceptors (Lipinski definition) is 3. The van der Waals surface area contributed by atoms with Crippen molar-refractivity contribution in [2.24, 2.45) is 0 Å². The second-order valence-corrected chi connectivity index (χ2v) is 6.34. The minimum absolute atomic E-state index is 0.0581. The number of carbonyl (C=O) groups excluding carboxylic acids is 2. The zero-order valence-electron chi connectivity index (χ0n) is 13.9. The quantitative estimate of drug-likeness (QED) is 0.910. The molecule has 0 aromatic heterocycles. The molecule has 1 N–H and O–H groups in total. The molecule has 1 aromatic rings. The maximum atomic E-state index is 13.6. The van der Waals surface area contributed by atoms with E-state index in [-0.39, 0.29) is 17.6 Å². The molecule has 0 bridgehead atoms. The van der Waals surface area contributed by atoms with E-state index in [9.17, 15) is 14.0 Å². The van der Waals surface area contributed by atoms with E-state index in [1.807, 2.05) is 6.07 Å². The summed E-state index contributed by atoms with van der Waals surface area (Å²) in [6.07, 6.45) is 1.30. The first-order chi connectivity index (χ1) is 10.8. The number of amides is 2. The van der Waals surface area contributed by atoms with Gasteiger partial charge in [0.1, 0.15) is 5.82 Å². The minimum Gasteiger partial charge on any atom is -0.348 e. The van der Waals surface area contributed by atoms with Crippen LogP contribution in [0.2, 0.25) is 0 Å². The lowest BCUT2D eigenvalue weighted by molar-refractivity contribution is -0.131. The predicted octanol–water partition coefficient (Wildman–Crippen LogP) is 1.34. The van der Waals surface area contributed by atoms with Crippen LogP contribution in [0.15, 0.2) is 24.3 Å². The lowest BCUT2D eigenvalue weighted by atomic mass is 9.80. The molecule has 126 valence electrons. The number of carbonyl (C=O) groups is 2. The zero-order chi connectivity index (χ0) is 17.0. The van der Waals surface area contributed by atoms with Gasteiger partial charge in [-0.25, -0.2) is 4.39 Å². The van der Waals surface area contributed by atoms with Gasteiger partial charge in [0, 0.05) is 34.1 Å². The molecule has 0 spiro atoms. The third-order valence-corrected chi connectivity index (χ3v) is 4.36. The molecule has 6 heteroatoms. The van der Waals surface area contributed by atoms with E-state index >= 15 is 0 Å². The van der Waals surface area contributed by atoms with Gasteiger partial charge in [-0.05, 0) is 30.5 Å². The van der Waals surface area contributed by atoms with Crippen molar-refractivity contribution < 1.29 is 14.0 Å². The van der Waals surface area contributed by atoms with Gasteiger partial charge >= 0.3 is 0 Å². The molecule has 1 aliphatic heterocycles. The van der Waals surface area contributed by atoms with Crippen LogP contribution in [0.25, 0.3) is 0 Å². The first-order valence-corrected chi connectivity index (χ1v) is 7.80.